The minimum Gasteiger partial charge on any atom is -0.373 e. The predicted octanol–water partition coefficient (Wildman–Crippen LogP) is 4.35. The van der Waals surface area contributed by atoms with Crippen molar-refractivity contribution in [2.75, 3.05) is 10.0 Å². The number of anilines is 2. The summed E-state index contributed by atoms with van der Waals surface area (Å²) in [6.45, 7) is 2.02. The van der Waals surface area contributed by atoms with E-state index in [4.69, 9.17) is 23.2 Å². The van der Waals surface area contributed by atoms with Crippen molar-refractivity contribution in [3.8, 4) is 0 Å². The number of benzene rings is 2. The van der Waals surface area contributed by atoms with E-state index in [-0.39, 0.29) is 33.2 Å². The van der Waals surface area contributed by atoms with Gasteiger partial charge in [0, 0.05) is 0 Å². The second-order valence-electron chi connectivity index (χ2n) is 6.25. The Bertz CT molecular complexity index is 1060. The van der Waals surface area contributed by atoms with Crippen LogP contribution in [0.15, 0.2) is 41.3 Å². The molecule has 0 heterocycles. The lowest BCUT2D eigenvalue weighted by Gasteiger charge is -2.25. The molecule has 6 nitrogen and oxygen atoms in total. The fraction of sp³-hybridized carbons (Fsp3) is 0.235. The highest BCUT2D eigenvalue weighted by atomic mass is 35.5. The molecule has 0 unspecified atom stereocenters. The van der Waals surface area contributed by atoms with E-state index >= 15 is 0 Å². The molecule has 0 fully saturated rings. The highest BCUT2D eigenvalue weighted by molar-refractivity contribution is 7.92. The van der Waals surface area contributed by atoms with Crippen molar-refractivity contribution in [1.82, 2.24) is 0 Å². The van der Waals surface area contributed by atoms with Gasteiger partial charge in [-0.25, -0.2) is 8.42 Å². The number of amides is 1. The molecular formula is C17H15Cl2F3N2O4S. The van der Waals surface area contributed by atoms with Gasteiger partial charge in [-0.1, -0.05) is 29.3 Å². The third-order valence-corrected chi connectivity index (χ3v) is 5.86. The number of aryl methyl sites for hydroxylation is 1. The molecule has 0 aliphatic heterocycles. The molecule has 0 aromatic heterocycles. The summed E-state index contributed by atoms with van der Waals surface area (Å²) >= 11 is 11.9. The third-order valence-electron chi connectivity index (χ3n) is 3.86. The number of hydrogen-bond acceptors (Lipinski definition) is 4. The van der Waals surface area contributed by atoms with Gasteiger partial charge in [0.15, 0.2) is 0 Å². The lowest BCUT2D eigenvalue weighted by molar-refractivity contribution is -0.242. The van der Waals surface area contributed by atoms with Crippen LogP contribution in [0.2, 0.25) is 10.0 Å². The van der Waals surface area contributed by atoms with Crippen LogP contribution in [-0.2, 0) is 14.8 Å². The minimum atomic E-state index is -5.22. The van der Waals surface area contributed by atoms with Crippen LogP contribution in [0.5, 0.6) is 0 Å². The Morgan fingerprint density at radius 3 is 2.21 bits per heavy atom. The first-order valence-electron chi connectivity index (χ1n) is 7.84. The van der Waals surface area contributed by atoms with Crippen molar-refractivity contribution in [3.05, 3.63) is 52.0 Å². The van der Waals surface area contributed by atoms with E-state index in [1.54, 1.807) is 13.0 Å². The zero-order chi connectivity index (χ0) is 22.2. The molecule has 0 spiro atoms. The van der Waals surface area contributed by atoms with E-state index in [1.165, 1.54) is 12.1 Å². The van der Waals surface area contributed by atoms with Gasteiger partial charge >= 0.3 is 6.18 Å². The van der Waals surface area contributed by atoms with Gasteiger partial charge in [0.2, 0.25) is 5.60 Å². The Morgan fingerprint density at radius 1 is 1.03 bits per heavy atom. The van der Waals surface area contributed by atoms with E-state index < -0.39 is 27.7 Å². The van der Waals surface area contributed by atoms with Gasteiger partial charge in [-0.05, 0) is 49.7 Å². The fourth-order valence-electron chi connectivity index (χ4n) is 2.06. The van der Waals surface area contributed by atoms with Gasteiger partial charge in [0.25, 0.3) is 15.9 Å². The number of nitrogens with one attached hydrogen (secondary N) is 2. The van der Waals surface area contributed by atoms with E-state index in [1.807, 2.05) is 5.32 Å². The largest absolute Gasteiger partial charge is 0.426 e. The monoisotopic (exact) mass is 470 g/mol. The molecule has 29 heavy (non-hydrogen) atoms. The van der Waals surface area contributed by atoms with Gasteiger partial charge < -0.3 is 10.4 Å². The standard InChI is InChI=1S/C17H15Cl2F3N2O4S/c1-9-3-5-11(18)14(7-9)24-29(27,28)10-4-6-13(12(19)8-10)23-15(25)16(2,26)17(20,21)22/h3-8,24,26H,1-2H3,(H,23,25)/t16-/m1/s1. The Kier molecular flexibility index (Phi) is 6.43. The molecule has 2 aromatic rings. The Balaban J connectivity index is 2.29. The number of rotatable bonds is 5. The van der Waals surface area contributed by atoms with Crippen molar-refractivity contribution in [2.45, 2.75) is 30.5 Å². The number of hydrogen-bond donors (Lipinski definition) is 3. The highest BCUT2D eigenvalue weighted by Crippen LogP contribution is 2.33. The molecule has 0 saturated carbocycles. The van der Waals surface area contributed by atoms with Crippen LogP contribution in [-0.4, -0.2) is 31.2 Å². The molecule has 1 amide bonds. The number of carbonyl (C=O) groups is 1. The number of aliphatic hydroxyl groups is 1. The summed E-state index contributed by atoms with van der Waals surface area (Å²) in [4.78, 5) is 11.4. The van der Waals surface area contributed by atoms with Crippen LogP contribution in [0.3, 0.4) is 0 Å². The van der Waals surface area contributed by atoms with Gasteiger partial charge in [-0.15, -0.1) is 0 Å². The van der Waals surface area contributed by atoms with E-state index in [0.717, 1.165) is 23.8 Å². The van der Waals surface area contributed by atoms with Gasteiger partial charge in [0.05, 0.1) is 26.3 Å². The Labute approximate surface area is 174 Å². The van der Waals surface area contributed by atoms with Crippen LogP contribution in [0.4, 0.5) is 24.5 Å². The minimum absolute atomic E-state index is 0.126. The van der Waals surface area contributed by atoms with Crippen LogP contribution in [0, 0.1) is 6.92 Å². The molecule has 12 heteroatoms. The van der Waals surface area contributed by atoms with Crippen LogP contribution >= 0.6 is 23.2 Å². The Morgan fingerprint density at radius 2 is 1.66 bits per heavy atom. The van der Waals surface area contributed by atoms with Crippen molar-refractivity contribution in [1.29, 1.82) is 0 Å². The zero-order valence-corrected chi connectivity index (χ0v) is 17.3. The molecule has 0 bridgehead atoms. The summed E-state index contributed by atoms with van der Waals surface area (Å²) in [5.41, 5.74) is -3.10. The average Bonchev–Trinajstić information content (AvgIpc) is 2.58. The predicted molar refractivity (Wildman–Crippen MR) is 104 cm³/mol. The molecule has 0 saturated heterocycles. The SMILES string of the molecule is Cc1ccc(Cl)c(NS(=O)(=O)c2ccc(NC(=O)[C@@](C)(O)C(F)(F)F)c(Cl)c2)c1. The molecule has 158 valence electrons. The summed E-state index contributed by atoms with van der Waals surface area (Å²) in [7, 11) is -4.13. The van der Waals surface area contributed by atoms with Crippen LogP contribution < -0.4 is 10.0 Å². The number of carbonyl (C=O) groups excluding carboxylic acids is 1. The van der Waals surface area contributed by atoms with Crippen molar-refractivity contribution in [2.24, 2.45) is 0 Å². The Hall–Kier alpha value is -2.01. The number of sulfonamides is 1. The highest BCUT2D eigenvalue weighted by Gasteiger charge is 2.55. The molecule has 2 aromatic carbocycles. The average molecular weight is 471 g/mol. The molecule has 0 aliphatic carbocycles. The quantitative estimate of drug-likeness (QED) is 0.604. The van der Waals surface area contributed by atoms with E-state index in [9.17, 15) is 31.5 Å². The third kappa shape index (κ3) is 5.13. The molecule has 1 atom stereocenters. The lowest BCUT2D eigenvalue weighted by Crippen LogP contribution is -2.52. The zero-order valence-electron chi connectivity index (χ0n) is 14.9. The number of halogens is 5. The maximum Gasteiger partial charge on any atom is 0.426 e. The van der Waals surface area contributed by atoms with Gasteiger partial charge in [0.1, 0.15) is 0 Å². The molecule has 0 radical (unpaired) electrons. The normalized spacial score (nSPS) is 14.2. The van der Waals surface area contributed by atoms with Gasteiger partial charge in [-0.2, -0.15) is 13.2 Å². The fourth-order valence-corrected chi connectivity index (χ4v) is 3.67. The maximum atomic E-state index is 12.7. The molecular weight excluding hydrogens is 456 g/mol. The van der Waals surface area contributed by atoms with Gasteiger partial charge in [-0.3, -0.25) is 9.52 Å². The van der Waals surface area contributed by atoms with Crippen LogP contribution in [0.25, 0.3) is 0 Å². The second-order valence-corrected chi connectivity index (χ2v) is 8.75. The van der Waals surface area contributed by atoms with Crippen LogP contribution in [0.1, 0.15) is 12.5 Å². The lowest BCUT2D eigenvalue weighted by atomic mass is 10.1. The summed E-state index contributed by atoms with van der Waals surface area (Å²) in [6, 6.07) is 7.66. The molecule has 0 aliphatic rings. The summed E-state index contributed by atoms with van der Waals surface area (Å²) in [6.07, 6.45) is -5.22. The molecule has 2 rings (SSSR count). The van der Waals surface area contributed by atoms with Crippen molar-refractivity contribution in [3.63, 3.8) is 0 Å². The topological polar surface area (TPSA) is 95.5 Å². The van der Waals surface area contributed by atoms with E-state index in [0.29, 0.717) is 0 Å². The van der Waals surface area contributed by atoms with Crippen molar-refractivity contribution < 1.29 is 31.5 Å². The van der Waals surface area contributed by atoms with E-state index in [2.05, 4.69) is 4.72 Å². The second kappa shape index (κ2) is 8.02. The first-order chi connectivity index (χ1) is 13.1. The molecule has 3 N–H and O–H groups in total. The first-order valence-corrected chi connectivity index (χ1v) is 10.1. The number of alkyl halides is 3. The smallest absolute Gasteiger partial charge is 0.373 e. The van der Waals surface area contributed by atoms with Crippen molar-refractivity contribution >= 4 is 50.5 Å². The summed E-state index contributed by atoms with van der Waals surface area (Å²) in [5.74, 6) is -1.77. The summed E-state index contributed by atoms with van der Waals surface area (Å²) < 4.78 is 65.6. The first kappa shape index (κ1) is 23.3. The maximum absolute atomic E-state index is 12.7. The summed E-state index contributed by atoms with van der Waals surface area (Å²) in [5, 5.41) is 11.0.